The summed E-state index contributed by atoms with van der Waals surface area (Å²) in [5.74, 6) is -0.441. The number of halogens is 2. The summed E-state index contributed by atoms with van der Waals surface area (Å²) < 4.78 is 35.7. The minimum absolute atomic E-state index is 0.224. The lowest BCUT2D eigenvalue weighted by molar-refractivity contribution is -0.103. The Labute approximate surface area is 206 Å². The number of fused-ring (bicyclic) bond motifs is 4. The minimum Gasteiger partial charge on any atom is -0.342 e. The van der Waals surface area contributed by atoms with Gasteiger partial charge in [-0.05, 0) is 44.2 Å². The molecule has 2 fully saturated rings. The Morgan fingerprint density at radius 1 is 1.14 bits per heavy atom. The van der Waals surface area contributed by atoms with Gasteiger partial charge in [0.15, 0.2) is 5.82 Å². The highest BCUT2D eigenvalue weighted by Gasteiger charge is 2.61. The van der Waals surface area contributed by atoms with E-state index in [-0.39, 0.29) is 5.54 Å². The van der Waals surface area contributed by atoms with Gasteiger partial charge in [-0.1, -0.05) is 6.42 Å². The molecule has 11 heteroatoms. The average molecular weight is 492 g/mol. The maximum atomic E-state index is 14.9. The summed E-state index contributed by atoms with van der Waals surface area (Å²) in [7, 11) is 1.85. The summed E-state index contributed by atoms with van der Waals surface area (Å²) in [4.78, 5) is 9.22. The molecule has 0 radical (unpaired) electrons. The molecule has 7 rings (SSSR count). The summed E-state index contributed by atoms with van der Waals surface area (Å²) >= 11 is 0. The first kappa shape index (κ1) is 21.6. The van der Waals surface area contributed by atoms with Crippen LogP contribution in [0, 0.1) is 6.92 Å². The number of alkyl halides is 2. The molecule has 9 nitrogen and oxygen atoms in total. The molecule has 1 spiro atoms. The van der Waals surface area contributed by atoms with Crippen LogP contribution in [0.4, 0.5) is 20.5 Å². The highest BCUT2D eigenvalue weighted by molar-refractivity contribution is 5.71. The van der Waals surface area contributed by atoms with Crippen molar-refractivity contribution in [2.75, 3.05) is 5.32 Å². The van der Waals surface area contributed by atoms with E-state index >= 15 is 0 Å². The SMILES string of the molecule is Cc1cnc(Nc2ccnn2C)nc1-c1cc2n(c1)CC1(CC1)n1c-2nnc1C1(C(C)(F)F)CCC1. The maximum Gasteiger partial charge on any atom is 0.257 e. The summed E-state index contributed by atoms with van der Waals surface area (Å²) in [6, 6.07) is 3.90. The van der Waals surface area contributed by atoms with Crippen LogP contribution < -0.4 is 5.32 Å². The zero-order valence-corrected chi connectivity index (χ0v) is 20.5. The second-order valence-electron chi connectivity index (χ2n) is 10.7. The molecule has 0 atom stereocenters. The summed E-state index contributed by atoms with van der Waals surface area (Å²) in [5.41, 5.74) is 2.12. The number of hydrogen-bond acceptors (Lipinski definition) is 6. The molecule has 0 aromatic carbocycles. The van der Waals surface area contributed by atoms with Crippen LogP contribution in [0.2, 0.25) is 0 Å². The molecule has 1 N–H and O–H groups in total. The number of nitrogens with zero attached hydrogens (tertiary/aromatic N) is 8. The molecule has 0 saturated heterocycles. The van der Waals surface area contributed by atoms with E-state index in [2.05, 4.69) is 40.9 Å². The average Bonchev–Trinajstić information content (AvgIpc) is 3.11. The monoisotopic (exact) mass is 491 g/mol. The topological polar surface area (TPSA) is 91.3 Å². The normalized spacial score (nSPS) is 19.0. The van der Waals surface area contributed by atoms with Gasteiger partial charge in [0.1, 0.15) is 11.6 Å². The van der Waals surface area contributed by atoms with Crippen LogP contribution in [0.3, 0.4) is 0 Å². The first-order valence-corrected chi connectivity index (χ1v) is 12.3. The highest BCUT2D eigenvalue weighted by Crippen LogP contribution is 2.58. The van der Waals surface area contributed by atoms with Gasteiger partial charge < -0.3 is 14.5 Å². The Hall–Kier alpha value is -3.63. The van der Waals surface area contributed by atoms with E-state index in [1.54, 1.807) is 17.1 Å². The number of aryl methyl sites for hydroxylation is 2. The molecule has 1 aliphatic heterocycles. The molecular formula is C25H27F2N9. The number of aromatic nitrogens is 8. The van der Waals surface area contributed by atoms with E-state index in [0.717, 1.165) is 61.1 Å². The Morgan fingerprint density at radius 2 is 1.94 bits per heavy atom. The van der Waals surface area contributed by atoms with Crippen LogP contribution in [0.1, 0.15) is 50.4 Å². The standard InChI is InChI=1S/C25H27F2N9/c1-15-12-28-22(30-18-5-10-29-34(18)3)31-19(15)16-11-17-20-32-33-21(25(6-4-7-25)23(2,26)27)36(20)24(8-9-24)14-35(17)13-16/h5,10-13H,4,6-9,14H2,1-3H3,(H,28,30,31). The fraction of sp³-hybridized carbons (Fsp3) is 0.480. The zero-order valence-electron chi connectivity index (χ0n) is 20.5. The Morgan fingerprint density at radius 3 is 2.58 bits per heavy atom. The van der Waals surface area contributed by atoms with Crippen LogP contribution >= 0.6 is 0 Å². The first-order valence-electron chi connectivity index (χ1n) is 12.3. The molecule has 4 aromatic heterocycles. The van der Waals surface area contributed by atoms with Gasteiger partial charge in [-0.25, -0.2) is 18.7 Å². The number of anilines is 2. The molecule has 186 valence electrons. The van der Waals surface area contributed by atoms with Gasteiger partial charge in [0.05, 0.1) is 28.5 Å². The number of rotatable bonds is 5. The van der Waals surface area contributed by atoms with E-state index in [4.69, 9.17) is 4.98 Å². The maximum absolute atomic E-state index is 14.9. The highest BCUT2D eigenvalue weighted by atomic mass is 19.3. The molecular weight excluding hydrogens is 464 g/mol. The van der Waals surface area contributed by atoms with Gasteiger partial charge in [-0.2, -0.15) is 5.10 Å². The van der Waals surface area contributed by atoms with Crippen molar-refractivity contribution in [2.24, 2.45) is 7.05 Å². The first-order chi connectivity index (χ1) is 17.2. The molecule has 0 amide bonds. The van der Waals surface area contributed by atoms with Gasteiger partial charge in [-0.3, -0.25) is 4.68 Å². The second kappa shape index (κ2) is 6.98. The lowest BCUT2D eigenvalue weighted by atomic mass is 9.64. The van der Waals surface area contributed by atoms with Gasteiger partial charge in [-0.15, -0.1) is 10.2 Å². The lowest BCUT2D eigenvalue weighted by Crippen LogP contribution is -2.51. The molecule has 3 aliphatic rings. The fourth-order valence-corrected chi connectivity index (χ4v) is 5.88. The van der Waals surface area contributed by atoms with Crippen LogP contribution in [0.5, 0.6) is 0 Å². The van der Waals surface area contributed by atoms with Crippen molar-refractivity contribution in [2.45, 2.75) is 69.4 Å². The summed E-state index contributed by atoms with van der Waals surface area (Å²) in [5, 5.41) is 16.3. The van der Waals surface area contributed by atoms with Crippen molar-refractivity contribution < 1.29 is 8.78 Å². The van der Waals surface area contributed by atoms with Crippen molar-refractivity contribution in [1.29, 1.82) is 0 Å². The van der Waals surface area contributed by atoms with Crippen molar-refractivity contribution >= 4 is 11.8 Å². The van der Waals surface area contributed by atoms with Crippen molar-refractivity contribution in [3.63, 3.8) is 0 Å². The molecule has 2 saturated carbocycles. The second-order valence-corrected chi connectivity index (χ2v) is 10.7. The van der Waals surface area contributed by atoms with Gasteiger partial charge in [0, 0.05) is 44.5 Å². The van der Waals surface area contributed by atoms with E-state index in [1.807, 2.05) is 26.1 Å². The molecule has 2 aliphatic carbocycles. The van der Waals surface area contributed by atoms with E-state index < -0.39 is 11.3 Å². The van der Waals surface area contributed by atoms with Crippen molar-refractivity contribution in [1.82, 2.24) is 39.1 Å². The Kier molecular flexibility index (Phi) is 4.20. The molecule has 4 aromatic rings. The zero-order chi connectivity index (χ0) is 24.9. The summed E-state index contributed by atoms with van der Waals surface area (Å²) in [6.07, 6.45) is 9.16. The lowest BCUT2D eigenvalue weighted by Gasteiger charge is -2.46. The van der Waals surface area contributed by atoms with E-state index in [9.17, 15) is 8.78 Å². The molecule has 0 unspecified atom stereocenters. The molecule has 0 bridgehead atoms. The minimum atomic E-state index is -2.84. The Bertz CT molecular complexity index is 1500. The molecule has 5 heterocycles. The summed E-state index contributed by atoms with van der Waals surface area (Å²) in [6.45, 7) is 3.73. The van der Waals surface area contributed by atoms with Gasteiger partial charge >= 0.3 is 0 Å². The number of nitrogens with one attached hydrogen (secondary N) is 1. The van der Waals surface area contributed by atoms with Gasteiger partial charge in [0.2, 0.25) is 5.95 Å². The molecule has 36 heavy (non-hydrogen) atoms. The van der Waals surface area contributed by atoms with E-state index in [0.29, 0.717) is 30.4 Å². The predicted octanol–water partition coefficient (Wildman–Crippen LogP) is 4.57. The van der Waals surface area contributed by atoms with Crippen molar-refractivity contribution in [3.05, 3.63) is 42.1 Å². The third-order valence-electron chi connectivity index (χ3n) is 8.34. The van der Waals surface area contributed by atoms with E-state index in [1.165, 1.54) is 0 Å². The smallest absolute Gasteiger partial charge is 0.257 e. The number of hydrogen-bond donors (Lipinski definition) is 1. The van der Waals surface area contributed by atoms with Crippen LogP contribution in [0.25, 0.3) is 22.8 Å². The van der Waals surface area contributed by atoms with Crippen LogP contribution in [0.15, 0.2) is 30.7 Å². The van der Waals surface area contributed by atoms with Crippen LogP contribution in [-0.4, -0.2) is 45.0 Å². The third kappa shape index (κ3) is 2.88. The van der Waals surface area contributed by atoms with Crippen LogP contribution in [-0.2, 0) is 24.5 Å². The third-order valence-corrected chi connectivity index (χ3v) is 8.34. The van der Waals surface area contributed by atoms with Gasteiger partial charge in [0.25, 0.3) is 5.92 Å². The predicted molar refractivity (Wildman–Crippen MR) is 129 cm³/mol. The van der Waals surface area contributed by atoms with Crippen molar-refractivity contribution in [3.8, 4) is 22.8 Å². The Balaban J connectivity index is 1.31. The quantitative estimate of drug-likeness (QED) is 0.440. The largest absolute Gasteiger partial charge is 0.342 e. The fourth-order valence-electron chi connectivity index (χ4n) is 5.88.